The van der Waals surface area contributed by atoms with E-state index in [9.17, 15) is 0 Å². The molecule has 1 aliphatic carbocycles. The van der Waals surface area contributed by atoms with Gasteiger partial charge in [-0.2, -0.15) is 4.98 Å². The average molecular weight is 291 g/mol. The first-order valence-corrected chi connectivity index (χ1v) is 8.18. The Balaban J connectivity index is 1.89. The zero-order chi connectivity index (χ0) is 14.1. The van der Waals surface area contributed by atoms with Crippen molar-refractivity contribution in [1.29, 1.82) is 0 Å². The van der Waals surface area contributed by atoms with Crippen LogP contribution in [0.2, 0.25) is 0 Å². The highest BCUT2D eigenvalue weighted by Gasteiger charge is 2.23. The SMILES string of the molecule is Cc1sc(N)c(-c2nc(C3CCCCCC3)no2)c1C. The number of anilines is 1. The molecule has 0 unspecified atom stereocenters. The Labute approximate surface area is 123 Å². The van der Waals surface area contributed by atoms with Crippen LogP contribution in [0.3, 0.4) is 0 Å². The number of aryl methyl sites for hydroxylation is 1. The maximum absolute atomic E-state index is 6.08. The Bertz CT molecular complexity index is 594. The van der Waals surface area contributed by atoms with Crippen molar-refractivity contribution in [1.82, 2.24) is 10.1 Å². The molecule has 0 aromatic carbocycles. The lowest BCUT2D eigenvalue weighted by Crippen LogP contribution is -1.99. The molecule has 20 heavy (non-hydrogen) atoms. The molecule has 1 aliphatic rings. The third-order valence-electron chi connectivity index (χ3n) is 4.29. The first-order chi connectivity index (χ1) is 9.66. The lowest BCUT2D eigenvalue weighted by Gasteiger charge is -2.07. The number of hydrogen-bond acceptors (Lipinski definition) is 5. The first kappa shape index (κ1) is 13.6. The predicted octanol–water partition coefficient (Wildman–Crippen LogP) is 4.43. The summed E-state index contributed by atoms with van der Waals surface area (Å²) in [6, 6.07) is 0. The molecule has 0 bridgehead atoms. The summed E-state index contributed by atoms with van der Waals surface area (Å²) in [5.41, 5.74) is 8.16. The molecule has 0 radical (unpaired) electrons. The zero-order valence-corrected chi connectivity index (χ0v) is 12.9. The lowest BCUT2D eigenvalue weighted by molar-refractivity contribution is 0.410. The zero-order valence-electron chi connectivity index (χ0n) is 12.1. The van der Waals surface area contributed by atoms with E-state index in [-0.39, 0.29) is 0 Å². The summed E-state index contributed by atoms with van der Waals surface area (Å²) in [5.74, 6) is 1.91. The van der Waals surface area contributed by atoms with Crippen LogP contribution in [0, 0.1) is 13.8 Å². The average Bonchev–Trinajstić information content (AvgIpc) is 2.85. The summed E-state index contributed by atoms with van der Waals surface area (Å²) < 4.78 is 5.49. The van der Waals surface area contributed by atoms with E-state index in [1.54, 1.807) is 11.3 Å². The fourth-order valence-electron chi connectivity index (χ4n) is 2.96. The third-order valence-corrected chi connectivity index (χ3v) is 5.32. The molecular formula is C15H21N3OS. The van der Waals surface area contributed by atoms with Gasteiger partial charge in [-0.3, -0.25) is 0 Å². The van der Waals surface area contributed by atoms with E-state index < -0.39 is 0 Å². The summed E-state index contributed by atoms with van der Waals surface area (Å²) in [6.45, 7) is 4.13. The van der Waals surface area contributed by atoms with Gasteiger partial charge >= 0.3 is 0 Å². The van der Waals surface area contributed by atoms with Crippen LogP contribution in [0.1, 0.15) is 60.7 Å². The molecule has 2 aromatic rings. The summed E-state index contributed by atoms with van der Waals surface area (Å²) in [5, 5.41) is 4.99. The highest BCUT2D eigenvalue weighted by molar-refractivity contribution is 7.16. The van der Waals surface area contributed by atoms with Gasteiger partial charge in [0.05, 0.1) is 10.6 Å². The maximum Gasteiger partial charge on any atom is 0.261 e. The molecule has 0 spiro atoms. The normalized spacial score (nSPS) is 17.3. The van der Waals surface area contributed by atoms with Crippen LogP contribution >= 0.6 is 11.3 Å². The second-order valence-corrected chi connectivity index (χ2v) is 6.93. The molecule has 1 fully saturated rings. The van der Waals surface area contributed by atoms with Gasteiger partial charge in [0.25, 0.3) is 5.89 Å². The molecule has 2 aromatic heterocycles. The van der Waals surface area contributed by atoms with Crippen molar-refractivity contribution in [3.63, 3.8) is 0 Å². The third kappa shape index (κ3) is 2.46. The Morgan fingerprint density at radius 3 is 2.45 bits per heavy atom. The Morgan fingerprint density at radius 2 is 1.85 bits per heavy atom. The Morgan fingerprint density at radius 1 is 1.15 bits per heavy atom. The molecule has 0 atom stereocenters. The monoisotopic (exact) mass is 291 g/mol. The lowest BCUT2D eigenvalue weighted by atomic mass is 10.00. The van der Waals surface area contributed by atoms with Gasteiger partial charge in [0.15, 0.2) is 5.82 Å². The second kappa shape index (κ2) is 5.56. The second-order valence-electron chi connectivity index (χ2n) is 5.67. The first-order valence-electron chi connectivity index (χ1n) is 7.36. The molecule has 0 amide bonds. The Kier molecular flexibility index (Phi) is 3.78. The van der Waals surface area contributed by atoms with Crippen molar-refractivity contribution in [2.24, 2.45) is 0 Å². The van der Waals surface area contributed by atoms with Crippen LogP contribution in [0.25, 0.3) is 11.5 Å². The number of aromatic nitrogens is 2. The van der Waals surface area contributed by atoms with Crippen LogP contribution in [-0.4, -0.2) is 10.1 Å². The van der Waals surface area contributed by atoms with E-state index in [2.05, 4.69) is 24.0 Å². The molecule has 108 valence electrons. The van der Waals surface area contributed by atoms with Crippen molar-refractivity contribution in [2.75, 3.05) is 5.73 Å². The van der Waals surface area contributed by atoms with E-state index in [0.717, 1.165) is 22.0 Å². The molecule has 3 rings (SSSR count). The van der Waals surface area contributed by atoms with Gasteiger partial charge in [-0.05, 0) is 32.3 Å². The van der Waals surface area contributed by atoms with Crippen LogP contribution in [-0.2, 0) is 0 Å². The molecule has 4 nitrogen and oxygen atoms in total. The van der Waals surface area contributed by atoms with E-state index in [1.165, 1.54) is 43.4 Å². The van der Waals surface area contributed by atoms with Crippen molar-refractivity contribution < 1.29 is 4.52 Å². The summed E-state index contributed by atoms with van der Waals surface area (Å²) in [4.78, 5) is 5.84. The van der Waals surface area contributed by atoms with Gasteiger partial charge in [0.2, 0.25) is 0 Å². The molecule has 5 heteroatoms. The maximum atomic E-state index is 6.08. The number of nitrogen functional groups attached to an aromatic ring is 1. The number of rotatable bonds is 2. The number of nitrogens with two attached hydrogens (primary N) is 1. The largest absolute Gasteiger partial charge is 0.390 e. The molecule has 0 saturated heterocycles. The number of nitrogens with zero attached hydrogens (tertiary/aromatic N) is 2. The predicted molar refractivity (Wildman–Crippen MR) is 81.9 cm³/mol. The van der Waals surface area contributed by atoms with Gasteiger partial charge < -0.3 is 10.3 Å². The fraction of sp³-hybridized carbons (Fsp3) is 0.600. The standard InChI is InChI=1S/C15H21N3OS/c1-9-10(2)20-13(16)12(9)15-17-14(18-19-15)11-7-5-3-4-6-8-11/h11H,3-8,16H2,1-2H3. The van der Waals surface area contributed by atoms with Crippen LogP contribution in [0.4, 0.5) is 5.00 Å². The quantitative estimate of drug-likeness (QED) is 0.831. The van der Waals surface area contributed by atoms with Crippen LogP contribution < -0.4 is 5.73 Å². The van der Waals surface area contributed by atoms with Crippen LogP contribution in [0.5, 0.6) is 0 Å². The summed E-state index contributed by atoms with van der Waals surface area (Å²) >= 11 is 1.59. The van der Waals surface area contributed by atoms with Crippen molar-refractivity contribution in [2.45, 2.75) is 58.3 Å². The summed E-state index contributed by atoms with van der Waals surface area (Å²) in [7, 11) is 0. The van der Waals surface area contributed by atoms with E-state index in [0.29, 0.717) is 11.8 Å². The van der Waals surface area contributed by atoms with Gasteiger partial charge in [-0.1, -0.05) is 30.8 Å². The van der Waals surface area contributed by atoms with Crippen LogP contribution in [0.15, 0.2) is 4.52 Å². The summed E-state index contributed by atoms with van der Waals surface area (Å²) in [6.07, 6.45) is 7.56. The number of hydrogen-bond donors (Lipinski definition) is 1. The van der Waals surface area contributed by atoms with Gasteiger partial charge in [0, 0.05) is 10.8 Å². The molecular weight excluding hydrogens is 270 g/mol. The molecule has 1 saturated carbocycles. The number of thiophene rings is 1. The Hall–Kier alpha value is -1.36. The smallest absolute Gasteiger partial charge is 0.261 e. The van der Waals surface area contributed by atoms with Crippen molar-refractivity contribution in [3.05, 3.63) is 16.3 Å². The van der Waals surface area contributed by atoms with Crippen molar-refractivity contribution in [3.8, 4) is 11.5 Å². The van der Waals surface area contributed by atoms with E-state index >= 15 is 0 Å². The topological polar surface area (TPSA) is 64.9 Å². The minimum absolute atomic E-state index is 0.455. The van der Waals surface area contributed by atoms with Crippen molar-refractivity contribution >= 4 is 16.3 Å². The highest BCUT2D eigenvalue weighted by Crippen LogP contribution is 2.38. The van der Waals surface area contributed by atoms with Gasteiger partial charge in [-0.15, -0.1) is 11.3 Å². The van der Waals surface area contributed by atoms with Gasteiger partial charge in [0.1, 0.15) is 0 Å². The van der Waals surface area contributed by atoms with E-state index in [1.807, 2.05) is 0 Å². The molecule has 2 N–H and O–H groups in total. The fourth-order valence-corrected chi connectivity index (χ4v) is 3.89. The minimum atomic E-state index is 0.455. The van der Waals surface area contributed by atoms with E-state index in [4.69, 9.17) is 10.3 Å². The highest BCUT2D eigenvalue weighted by atomic mass is 32.1. The van der Waals surface area contributed by atoms with Gasteiger partial charge in [-0.25, -0.2) is 0 Å². The minimum Gasteiger partial charge on any atom is -0.390 e. The molecule has 0 aliphatic heterocycles. The molecule has 2 heterocycles.